The maximum absolute atomic E-state index is 13.4. The number of rotatable bonds is 2. The van der Waals surface area contributed by atoms with E-state index in [1.165, 1.54) is 24.3 Å². The van der Waals surface area contributed by atoms with Crippen LogP contribution >= 0.6 is 11.6 Å². The molecule has 1 aromatic carbocycles. The monoisotopic (exact) mass is 306 g/mol. The molecule has 1 heterocycles. The van der Waals surface area contributed by atoms with Gasteiger partial charge in [-0.05, 0) is 31.5 Å². The predicted octanol–water partition coefficient (Wildman–Crippen LogP) is 3.46. The number of hydrazine groups is 1. The number of halogens is 4. The largest absolute Gasteiger partial charge is 0.409 e. The number of nitrogens with one attached hydrogen (secondary N) is 1. The van der Waals surface area contributed by atoms with E-state index in [4.69, 9.17) is 11.6 Å². The third-order valence-corrected chi connectivity index (χ3v) is 3.46. The molecular formula is C13H14ClF3N2O. The van der Waals surface area contributed by atoms with Crippen LogP contribution in [0.25, 0.3) is 0 Å². The second-order valence-corrected chi connectivity index (χ2v) is 5.83. The van der Waals surface area contributed by atoms with Crippen LogP contribution in [-0.4, -0.2) is 22.6 Å². The third-order valence-electron chi connectivity index (χ3n) is 3.22. The molecule has 1 unspecified atom stereocenters. The number of hydrogen-bond acceptors (Lipinski definition) is 2. The van der Waals surface area contributed by atoms with Gasteiger partial charge >= 0.3 is 6.18 Å². The van der Waals surface area contributed by atoms with Gasteiger partial charge < -0.3 is 0 Å². The highest BCUT2D eigenvalue weighted by Crippen LogP contribution is 2.42. The zero-order valence-electron chi connectivity index (χ0n) is 11.0. The van der Waals surface area contributed by atoms with Crippen molar-refractivity contribution in [2.45, 2.75) is 38.0 Å². The van der Waals surface area contributed by atoms with E-state index in [9.17, 15) is 18.0 Å². The van der Waals surface area contributed by atoms with Gasteiger partial charge in [-0.25, -0.2) is 0 Å². The average Bonchev–Trinajstić information content (AvgIpc) is 2.50. The minimum Gasteiger partial charge on any atom is -0.287 e. The zero-order valence-corrected chi connectivity index (χ0v) is 11.7. The topological polar surface area (TPSA) is 32.3 Å². The molecule has 110 valence electrons. The number of hydrogen-bond donors (Lipinski definition) is 1. The van der Waals surface area contributed by atoms with Crippen LogP contribution in [0.2, 0.25) is 5.02 Å². The van der Waals surface area contributed by atoms with E-state index in [0.717, 1.165) is 5.01 Å². The van der Waals surface area contributed by atoms with Gasteiger partial charge in [-0.2, -0.15) is 18.2 Å². The standard InChI is InChI=1S/C13H14ClF3N2O/c1-12(2)7-10(20)18-19(12)11(13(15,16)17)8-4-3-5-9(14)6-8/h3-6,11H,7H2,1-2H3,(H,18,20). The summed E-state index contributed by atoms with van der Waals surface area (Å²) in [6, 6.07) is 3.65. The first kappa shape index (κ1) is 15.1. The van der Waals surface area contributed by atoms with Crippen LogP contribution in [0.4, 0.5) is 13.2 Å². The fourth-order valence-corrected chi connectivity index (χ4v) is 2.58. The van der Waals surface area contributed by atoms with Gasteiger partial charge in [-0.1, -0.05) is 23.7 Å². The summed E-state index contributed by atoms with van der Waals surface area (Å²) in [6.07, 6.45) is -4.51. The number of amides is 1. The molecule has 7 heteroatoms. The Bertz CT molecular complexity index is 531. The van der Waals surface area contributed by atoms with Crippen molar-refractivity contribution in [3.63, 3.8) is 0 Å². The van der Waals surface area contributed by atoms with Gasteiger partial charge in [0.2, 0.25) is 5.91 Å². The molecule has 0 aliphatic carbocycles. The van der Waals surface area contributed by atoms with E-state index in [0.29, 0.717) is 0 Å². The van der Waals surface area contributed by atoms with Crippen molar-refractivity contribution in [1.82, 2.24) is 10.4 Å². The van der Waals surface area contributed by atoms with Crippen molar-refractivity contribution >= 4 is 17.5 Å². The fraction of sp³-hybridized carbons (Fsp3) is 0.462. The summed E-state index contributed by atoms with van der Waals surface area (Å²) < 4.78 is 40.3. The maximum atomic E-state index is 13.4. The van der Waals surface area contributed by atoms with E-state index in [-0.39, 0.29) is 17.0 Å². The molecule has 1 N–H and O–H groups in total. The fourth-order valence-electron chi connectivity index (χ4n) is 2.38. The Morgan fingerprint density at radius 1 is 1.40 bits per heavy atom. The first-order valence-electron chi connectivity index (χ1n) is 6.02. The second-order valence-electron chi connectivity index (χ2n) is 5.39. The molecule has 3 nitrogen and oxygen atoms in total. The quantitative estimate of drug-likeness (QED) is 0.907. The highest BCUT2D eigenvalue weighted by atomic mass is 35.5. The lowest BCUT2D eigenvalue weighted by molar-refractivity contribution is -0.203. The zero-order chi connectivity index (χ0) is 15.1. The molecule has 0 radical (unpaired) electrons. The van der Waals surface area contributed by atoms with Crippen molar-refractivity contribution in [1.29, 1.82) is 0 Å². The van der Waals surface area contributed by atoms with Gasteiger partial charge in [0.25, 0.3) is 0 Å². The van der Waals surface area contributed by atoms with E-state index >= 15 is 0 Å². The minimum absolute atomic E-state index is 0.000255. The maximum Gasteiger partial charge on any atom is 0.409 e. The van der Waals surface area contributed by atoms with Crippen LogP contribution in [0.5, 0.6) is 0 Å². The van der Waals surface area contributed by atoms with Gasteiger partial charge in [0, 0.05) is 17.0 Å². The molecule has 1 atom stereocenters. The van der Waals surface area contributed by atoms with E-state index in [1.807, 2.05) is 0 Å². The number of carbonyl (C=O) groups excluding carboxylic acids is 1. The molecule has 20 heavy (non-hydrogen) atoms. The molecule has 0 saturated carbocycles. The lowest BCUT2D eigenvalue weighted by Crippen LogP contribution is -2.51. The van der Waals surface area contributed by atoms with E-state index in [2.05, 4.69) is 5.43 Å². The normalized spacial score (nSPS) is 20.8. The first-order valence-corrected chi connectivity index (χ1v) is 6.40. The summed E-state index contributed by atoms with van der Waals surface area (Å²) in [5.41, 5.74) is 1.37. The molecule has 0 bridgehead atoms. The molecule has 1 aromatic rings. The Hall–Kier alpha value is -1.27. The molecule has 0 spiro atoms. The van der Waals surface area contributed by atoms with Crippen LogP contribution < -0.4 is 5.43 Å². The smallest absolute Gasteiger partial charge is 0.287 e. The van der Waals surface area contributed by atoms with E-state index < -0.39 is 23.7 Å². The van der Waals surface area contributed by atoms with Crippen LogP contribution in [0, 0.1) is 0 Å². The Kier molecular flexibility index (Phi) is 3.73. The minimum atomic E-state index is -4.53. The summed E-state index contributed by atoms with van der Waals surface area (Å²) >= 11 is 5.77. The SMILES string of the molecule is CC1(C)CC(=O)NN1C(c1cccc(Cl)c1)C(F)(F)F. The molecule has 1 saturated heterocycles. The van der Waals surface area contributed by atoms with Crippen molar-refractivity contribution in [2.75, 3.05) is 0 Å². The Labute approximate surface area is 119 Å². The summed E-state index contributed by atoms with van der Waals surface area (Å²) in [7, 11) is 0. The van der Waals surface area contributed by atoms with Gasteiger partial charge in [-0.15, -0.1) is 0 Å². The Morgan fingerprint density at radius 2 is 2.05 bits per heavy atom. The van der Waals surface area contributed by atoms with Crippen molar-refractivity contribution in [2.24, 2.45) is 0 Å². The highest BCUT2D eigenvalue weighted by molar-refractivity contribution is 6.30. The van der Waals surface area contributed by atoms with Crippen LogP contribution in [0.1, 0.15) is 31.9 Å². The van der Waals surface area contributed by atoms with Crippen LogP contribution in [-0.2, 0) is 4.79 Å². The number of carbonyl (C=O) groups is 1. The molecular weight excluding hydrogens is 293 g/mol. The summed E-state index contributed by atoms with van der Waals surface area (Å²) in [6.45, 7) is 3.18. The number of nitrogens with zero attached hydrogens (tertiary/aromatic N) is 1. The molecule has 1 amide bonds. The van der Waals surface area contributed by atoms with Crippen LogP contribution in [0.15, 0.2) is 24.3 Å². The van der Waals surface area contributed by atoms with Gasteiger partial charge in [0.15, 0.2) is 6.04 Å². The molecule has 1 aliphatic heterocycles. The van der Waals surface area contributed by atoms with Gasteiger partial charge in [0.1, 0.15) is 0 Å². The number of benzene rings is 1. The lowest BCUT2D eigenvalue weighted by atomic mass is 9.97. The van der Waals surface area contributed by atoms with Crippen LogP contribution in [0.3, 0.4) is 0 Å². The molecule has 0 aromatic heterocycles. The van der Waals surface area contributed by atoms with Gasteiger partial charge in [0.05, 0.1) is 0 Å². The van der Waals surface area contributed by atoms with Crippen molar-refractivity contribution < 1.29 is 18.0 Å². The third kappa shape index (κ3) is 2.91. The van der Waals surface area contributed by atoms with Crippen molar-refractivity contribution in [3.8, 4) is 0 Å². The van der Waals surface area contributed by atoms with E-state index in [1.54, 1.807) is 13.8 Å². The molecule has 1 aliphatic rings. The lowest BCUT2D eigenvalue weighted by Gasteiger charge is -2.37. The molecule has 1 fully saturated rings. The predicted molar refractivity (Wildman–Crippen MR) is 68.9 cm³/mol. The Balaban J connectivity index is 2.47. The first-order chi connectivity index (χ1) is 9.11. The second kappa shape index (κ2) is 4.93. The molecule has 2 rings (SSSR count). The number of alkyl halides is 3. The van der Waals surface area contributed by atoms with Crippen molar-refractivity contribution in [3.05, 3.63) is 34.9 Å². The van der Waals surface area contributed by atoms with Gasteiger partial charge in [-0.3, -0.25) is 10.2 Å². The summed E-state index contributed by atoms with van der Waals surface area (Å²) in [5, 5.41) is 1.18. The highest BCUT2D eigenvalue weighted by Gasteiger charge is 2.52. The average molecular weight is 307 g/mol. The summed E-state index contributed by atoms with van der Waals surface area (Å²) in [5.74, 6) is -0.425. The summed E-state index contributed by atoms with van der Waals surface area (Å²) in [4.78, 5) is 11.5. The Morgan fingerprint density at radius 3 is 2.50 bits per heavy atom.